The lowest BCUT2D eigenvalue weighted by atomic mass is 10.2. The fourth-order valence-electron chi connectivity index (χ4n) is 2.16. The van der Waals surface area contributed by atoms with Crippen LogP contribution in [0.4, 0.5) is 15.6 Å². The van der Waals surface area contributed by atoms with Crippen molar-refractivity contribution in [2.24, 2.45) is 0 Å². The van der Waals surface area contributed by atoms with Gasteiger partial charge < -0.3 is 4.74 Å². The van der Waals surface area contributed by atoms with Gasteiger partial charge in [-0.2, -0.15) is 0 Å². The predicted molar refractivity (Wildman–Crippen MR) is 110 cm³/mol. The molecule has 8 heteroatoms. The fraction of sp³-hybridized carbons (Fsp3) is 0.211. The number of carbonyl (C=O) groups excluding carboxylic acids is 2. The largest absolute Gasteiger partial charge is 0.444 e. The van der Waals surface area contributed by atoms with E-state index in [0.717, 1.165) is 10.6 Å². The number of hydrogen-bond donors (Lipinski definition) is 2. The second-order valence-corrected chi connectivity index (χ2v) is 8.48. The number of thiophene rings is 1. The highest BCUT2D eigenvalue weighted by Crippen LogP contribution is 2.28. The number of aromatic nitrogens is 1. The van der Waals surface area contributed by atoms with Crippen LogP contribution < -0.4 is 10.6 Å². The van der Waals surface area contributed by atoms with E-state index in [1.54, 1.807) is 56.4 Å². The second-order valence-electron chi connectivity index (χ2n) is 6.67. The molecule has 0 saturated carbocycles. The van der Waals surface area contributed by atoms with Crippen molar-refractivity contribution in [3.63, 3.8) is 0 Å². The molecule has 0 aliphatic heterocycles. The Hall–Kier alpha value is -2.71. The summed E-state index contributed by atoms with van der Waals surface area (Å²) in [7, 11) is 0. The molecular weight excluding hydrogens is 382 g/mol. The Labute approximate surface area is 165 Å². The molecular formula is C19H19N3O3S2. The van der Waals surface area contributed by atoms with Gasteiger partial charge in [0.2, 0.25) is 0 Å². The standard InChI is InChI=1S/C19H19N3O3S2/c1-19(2,3)25-18(24)20-13-8-6-12(7-9-13)16(23)22-17-21-14(11-27-17)15-5-4-10-26-15/h4-11H,1-3H3,(H,20,24)(H,21,22,23). The third-order valence-corrected chi connectivity index (χ3v) is 4.94. The third kappa shape index (κ3) is 5.38. The molecule has 0 aliphatic carbocycles. The highest BCUT2D eigenvalue weighted by molar-refractivity contribution is 7.16. The number of hydrogen-bond acceptors (Lipinski definition) is 6. The van der Waals surface area contributed by atoms with Gasteiger partial charge in [-0.1, -0.05) is 6.07 Å². The zero-order valence-corrected chi connectivity index (χ0v) is 16.7. The van der Waals surface area contributed by atoms with Crippen molar-refractivity contribution < 1.29 is 14.3 Å². The van der Waals surface area contributed by atoms with Crippen molar-refractivity contribution >= 4 is 45.5 Å². The van der Waals surface area contributed by atoms with Gasteiger partial charge >= 0.3 is 6.09 Å². The summed E-state index contributed by atoms with van der Waals surface area (Å²) < 4.78 is 5.20. The zero-order valence-electron chi connectivity index (χ0n) is 15.1. The minimum absolute atomic E-state index is 0.258. The molecule has 6 nitrogen and oxygen atoms in total. The molecule has 2 heterocycles. The van der Waals surface area contributed by atoms with Gasteiger partial charge in [0, 0.05) is 16.6 Å². The number of carbonyl (C=O) groups is 2. The maximum absolute atomic E-state index is 12.4. The molecule has 0 saturated heterocycles. The molecule has 0 atom stereocenters. The van der Waals surface area contributed by atoms with Crippen LogP contribution in [0, 0.1) is 0 Å². The normalized spacial score (nSPS) is 11.1. The summed E-state index contributed by atoms with van der Waals surface area (Å²) in [5.74, 6) is -0.258. The average molecular weight is 402 g/mol. The lowest BCUT2D eigenvalue weighted by molar-refractivity contribution is 0.0636. The third-order valence-electron chi connectivity index (χ3n) is 3.29. The molecule has 27 heavy (non-hydrogen) atoms. The minimum Gasteiger partial charge on any atom is -0.444 e. The van der Waals surface area contributed by atoms with Crippen LogP contribution in [-0.4, -0.2) is 22.6 Å². The average Bonchev–Trinajstić information content (AvgIpc) is 3.24. The number of nitrogens with zero attached hydrogens (tertiary/aromatic N) is 1. The number of rotatable bonds is 4. The van der Waals surface area contributed by atoms with Crippen molar-refractivity contribution in [1.29, 1.82) is 0 Å². The first kappa shape index (κ1) is 19.1. The van der Waals surface area contributed by atoms with E-state index in [4.69, 9.17) is 4.74 Å². The maximum atomic E-state index is 12.4. The van der Waals surface area contributed by atoms with Gasteiger partial charge in [-0.25, -0.2) is 9.78 Å². The molecule has 1 aromatic carbocycles. The molecule has 0 bridgehead atoms. The highest BCUT2D eigenvalue weighted by atomic mass is 32.1. The van der Waals surface area contributed by atoms with E-state index in [-0.39, 0.29) is 5.91 Å². The second kappa shape index (κ2) is 7.89. The number of nitrogens with one attached hydrogen (secondary N) is 2. The molecule has 2 aromatic heterocycles. The molecule has 3 aromatic rings. The van der Waals surface area contributed by atoms with Crippen LogP contribution in [0.15, 0.2) is 47.2 Å². The zero-order chi connectivity index (χ0) is 19.4. The summed E-state index contributed by atoms with van der Waals surface area (Å²) in [5.41, 5.74) is 1.30. The molecule has 2 N–H and O–H groups in total. The van der Waals surface area contributed by atoms with E-state index >= 15 is 0 Å². The van der Waals surface area contributed by atoms with Gasteiger partial charge in [-0.05, 0) is 56.5 Å². The maximum Gasteiger partial charge on any atom is 0.412 e. The number of thiazole rings is 1. The van der Waals surface area contributed by atoms with E-state index in [1.807, 2.05) is 22.9 Å². The monoisotopic (exact) mass is 401 g/mol. The highest BCUT2D eigenvalue weighted by Gasteiger charge is 2.16. The van der Waals surface area contributed by atoms with Gasteiger partial charge in [-0.3, -0.25) is 15.4 Å². The van der Waals surface area contributed by atoms with Crippen molar-refractivity contribution in [3.05, 3.63) is 52.7 Å². The smallest absolute Gasteiger partial charge is 0.412 e. The molecule has 0 spiro atoms. The number of ether oxygens (including phenoxy) is 1. The summed E-state index contributed by atoms with van der Waals surface area (Å²) in [5, 5.41) is 9.86. The summed E-state index contributed by atoms with van der Waals surface area (Å²) in [6.45, 7) is 5.38. The molecule has 2 amide bonds. The Kier molecular flexibility index (Phi) is 5.57. The predicted octanol–water partition coefficient (Wildman–Crippen LogP) is 5.47. The lowest BCUT2D eigenvalue weighted by Crippen LogP contribution is -2.27. The first-order valence-electron chi connectivity index (χ1n) is 8.21. The van der Waals surface area contributed by atoms with Crippen LogP contribution in [0.3, 0.4) is 0 Å². The van der Waals surface area contributed by atoms with Crippen LogP contribution in [0.25, 0.3) is 10.6 Å². The first-order valence-corrected chi connectivity index (χ1v) is 9.97. The van der Waals surface area contributed by atoms with Crippen LogP contribution in [0.5, 0.6) is 0 Å². The Morgan fingerprint density at radius 1 is 1.04 bits per heavy atom. The van der Waals surface area contributed by atoms with Crippen molar-refractivity contribution in [2.45, 2.75) is 26.4 Å². The van der Waals surface area contributed by atoms with Crippen LogP contribution >= 0.6 is 22.7 Å². The Morgan fingerprint density at radius 2 is 1.78 bits per heavy atom. The minimum atomic E-state index is -0.570. The summed E-state index contributed by atoms with van der Waals surface area (Å²) in [6, 6.07) is 10.5. The first-order chi connectivity index (χ1) is 12.8. The van der Waals surface area contributed by atoms with Crippen molar-refractivity contribution in [2.75, 3.05) is 10.6 Å². The Morgan fingerprint density at radius 3 is 2.41 bits per heavy atom. The van der Waals surface area contributed by atoms with Gasteiger partial charge in [0.1, 0.15) is 5.60 Å². The summed E-state index contributed by atoms with van der Waals surface area (Å²) in [4.78, 5) is 29.6. The topological polar surface area (TPSA) is 80.3 Å². The molecule has 140 valence electrons. The van der Waals surface area contributed by atoms with Gasteiger partial charge in [0.15, 0.2) is 5.13 Å². The number of anilines is 2. The van der Waals surface area contributed by atoms with E-state index in [9.17, 15) is 9.59 Å². The number of amides is 2. The van der Waals surface area contributed by atoms with Gasteiger partial charge in [0.05, 0.1) is 10.6 Å². The molecule has 0 aliphatic rings. The van der Waals surface area contributed by atoms with Crippen molar-refractivity contribution in [1.82, 2.24) is 4.98 Å². The lowest BCUT2D eigenvalue weighted by Gasteiger charge is -2.19. The van der Waals surface area contributed by atoms with Gasteiger partial charge in [0.25, 0.3) is 5.91 Å². The summed E-state index contributed by atoms with van der Waals surface area (Å²) in [6.07, 6.45) is -0.538. The van der Waals surface area contributed by atoms with Crippen LogP contribution in [0.2, 0.25) is 0 Å². The molecule has 0 radical (unpaired) electrons. The van der Waals surface area contributed by atoms with E-state index < -0.39 is 11.7 Å². The van der Waals surface area contributed by atoms with E-state index in [2.05, 4.69) is 15.6 Å². The SMILES string of the molecule is CC(C)(C)OC(=O)Nc1ccc(C(=O)Nc2nc(-c3cccs3)cs2)cc1. The van der Waals surface area contributed by atoms with Crippen molar-refractivity contribution in [3.8, 4) is 10.6 Å². The fourth-order valence-corrected chi connectivity index (χ4v) is 3.63. The van der Waals surface area contributed by atoms with Crippen LogP contribution in [-0.2, 0) is 4.74 Å². The quantitative estimate of drug-likeness (QED) is 0.607. The molecule has 0 fully saturated rings. The number of benzene rings is 1. The van der Waals surface area contributed by atoms with E-state index in [1.165, 1.54) is 11.3 Å². The molecule has 0 unspecified atom stereocenters. The summed E-state index contributed by atoms with van der Waals surface area (Å²) >= 11 is 2.98. The Bertz CT molecular complexity index is 926. The van der Waals surface area contributed by atoms with Gasteiger partial charge in [-0.15, -0.1) is 22.7 Å². The molecule has 3 rings (SSSR count). The van der Waals surface area contributed by atoms with E-state index in [0.29, 0.717) is 16.4 Å². The van der Waals surface area contributed by atoms with Crippen LogP contribution in [0.1, 0.15) is 31.1 Å². The Balaban J connectivity index is 1.60.